The molecule has 2 saturated heterocycles. The van der Waals surface area contributed by atoms with Crippen molar-refractivity contribution in [2.75, 3.05) is 24.5 Å². The lowest BCUT2D eigenvalue weighted by molar-refractivity contribution is -0.139. The Hall–Kier alpha value is -2.37. The van der Waals surface area contributed by atoms with E-state index in [1.807, 2.05) is 36.1 Å². The van der Waals surface area contributed by atoms with Crippen LogP contribution in [0.15, 0.2) is 24.3 Å². The van der Waals surface area contributed by atoms with Crippen molar-refractivity contribution < 1.29 is 14.4 Å². The maximum Gasteiger partial charge on any atom is 0.228 e. The molecule has 2 aliphatic rings. The van der Waals surface area contributed by atoms with Gasteiger partial charge in [0.2, 0.25) is 17.7 Å². The highest BCUT2D eigenvalue weighted by atomic mass is 16.2. The molecule has 1 N–H and O–H groups in total. The van der Waals surface area contributed by atoms with Crippen LogP contribution >= 0.6 is 0 Å². The van der Waals surface area contributed by atoms with Gasteiger partial charge in [-0.15, -0.1) is 0 Å². The molecule has 1 aromatic rings. The van der Waals surface area contributed by atoms with Crippen molar-refractivity contribution in [2.45, 2.75) is 78.2 Å². The van der Waals surface area contributed by atoms with Gasteiger partial charge in [0.1, 0.15) is 0 Å². The third kappa shape index (κ3) is 6.33. The molecule has 0 aromatic heterocycles. The van der Waals surface area contributed by atoms with Crippen molar-refractivity contribution in [1.29, 1.82) is 0 Å². The Kier molecular flexibility index (Phi) is 8.71. The van der Waals surface area contributed by atoms with E-state index in [-0.39, 0.29) is 42.0 Å². The third-order valence-electron chi connectivity index (χ3n) is 6.88. The van der Waals surface area contributed by atoms with E-state index in [0.29, 0.717) is 32.5 Å². The maximum atomic E-state index is 13.0. The van der Waals surface area contributed by atoms with Gasteiger partial charge in [-0.1, -0.05) is 50.3 Å². The van der Waals surface area contributed by atoms with Crippen molar-refractivity contribution in [3.8, 4) is 0 Å². The number of carbonyl (C=O) groups excluding carboxylic acids is 3. The van der Waals surface area contributed by atoms with Crippen molar-refractivity contribution in [3.63, 3.8) is 0 Å². The van der Waals surface area contributed by atoms with Crippen LogP contribution in [-0.4, -0.2) is 48.3 Å². The lowest BCUT2D eigenvalue weighted by Crippen LogP contribution is -2.46. The molecule has 6 nitrogen and oxygen atoms in total. The molecule has 2 aliphatic heterocycles. The minimum absolute atomic E-state index is 0.00870. The molecule has 32 heavy (non-hydrogen) atoms. The van der Waals surface area contributed by atoms with E-state index in [1.54, 1.807) is 4.90 Å². The van der Waals surface area contributed by atoms with Crippen LogP contribution in [0.4, 0.5) is 5.69 Å². The van der Waals surface area contributed by atoms with Gasteiger partial charge in [-0.05, 0) is 45.2 Å². The average molecular weight is 442 g/mol. The minimum atomic E-state index is -0.294. The summed E-state index contributed by atoms with van der Waals surface area (Å²) < 4.78 is 0. The Morgan fingerprint density at radius 2 is 1.75 bits per heavy atom. The van der Waals surface area contributed by atoms with Gasteiger partial charge in [0.15, 0.2) is 0 Å². The minimum Gasteiger partial charge on any atom is -0.353 e. The number of hydrogen-bond donors (Lipinski definition) is 1. The molecule has 3 rings (SSSR count). The summed E-state index contributed by atoms with van der Waals surface area (Å²) in [5.74, 6) is -0.129. The van der Waals surface area contributed by atoms with Crippen LogP contribution in [0, 0.1) is 18.8 Å². The first-order valence-corrected chi connectivity index (χ1v) is 12.3. The molecule has 176 valence electrons. The normalized spacial score (nSPS) is 20.5. The van der Waals surface area contributed by atoms with Gasteiger partial charge in [0.05, 0.1) is 5.92 Å². The lowest BCUT2D eigenvalue weighted by Gasteiger charge is -2.33. The number of benzene rings is 1. The summed E-state index contributed by atoms with van der Waals surface area (Å²) in [6.45, 7) is 7.93. The molecule has 0 saturated carbocycles. The van der Waals surface area contributed by atoms with Crippen molar-refractivity contribution in [2.24, 2.45) is 11.8 Å². The molecule has 2 atom stereocenters. The Balaban J connectivity index is 1.43. The number of likely N-dealkylation sites (tertiary alicyclic amines) is 1. The molecule has 0 aliphatic carbocycles. The summed E-state index contributed by atoms with van der Waals surface area (Å²) >= 11 is 0. The van der Waals surface area contributed by atoms with Gasteiger partial charge in [0.25, 0.3) is 0 Å². The summed E-state index contributed by atoms with van der Waals surface area (Å²) in [7, 11) is 0. The molecular weight excluding hydrogens is 402 g/mol. The van der Waals surface area contributed by atoms with Crippen LogP contribution in [0.3, 0.4) is 0 Å². The van der Waals surface area contributed by atoms with Crippen LogP contribution in [0.5, 0.6) is 0 Å². The van der Waals surface area contributed by atoms with Crippen molar-refractivity contribution in [3.05, 3.63) is 29.8 Å². The first-order chi connectivity index (χ1) is 15.4. The molecule has 6 heteroatoms. The van der Waals surface area contributed by atoms with E-state index in [9.17, 15) is 14.4 Å². The lowest BCUT2D eigenvalue weighted by atomic mass is 9.94. The second kappa shape index (κ2) is 11.5. The zero-order chi connectivity index (χ0) is 23.1. The summed E-state index contributed by atoms with van der Waals surface area (Å²) in [6.07, 6.45) is 7.54. The van der Waals surface area contributed by atoms with E-state index >= 15 is 0 Å². The second-order valence-corrected chi connectivity index (χ2v) is 9.60. The Bertz CT molecular complexity index is 784. The third-order valence-corrected chi connectivity index (χ3v) is 6.88. The van der Waals surface area contributed by atoms with E-state index in [0.717, 1.165) is 24.1 Å². The molecule has 2 heterocycles. The topological polar surface area (TPSA) is 69.7 Å². The highest BCUT2D eigenvalue weighted by Crippen LogP contribution is 2.28. The monoisotopic (exact) mass is 441 g/mol. The van der Waals surface area contributed by atoms with E-state index in [1.165, 1.54) is 19.3 Å². The predicted octanol–water partition coefficient (Wildman–Crippen LogP) is 4.06. The summed E-state index contributed by atoms with van der Waals surface area (Å²) in [6, 6.07) is 8.06. The molecule has 2 unspecified atom stereocenters. The Labute approximate surface area is 192 Å². The number of rotatable bonds is 9. The van der Waals surface area contributed by atoms with Gasteiger partial charge >= 0.3 is 0 Å². The largest absolute Gasteiger partial charge is 0.353 e. The van der Waals surface area contributed by atoms with Crippen LogP contribution in [0.25, 0.3) is 0 Å². The number of hydrogen-bond acceptors (Lipinski definition) is 3. The van der Waals surface area contributed by atoms with Gasteiger partial charge in [0, 0.05) is 43.7 Å². The summed E-state index contributed by atoms with van der Waals surface area (Å²) in [4.78, 5) is 41.8. The SMILES string of the molecule is CCCCCCC(C)NC(=O)C1CCN(C(=O)C2CC(=O)N(c3ccc(C)cc3)C2)CC1. The van der Waals surface area contributed by atoms with Gasteiger partial charge < -0.3 is 15.1 Å². The van der Waals surface area contributed by atoms with Gasteiger partial charge in [-0.3, -0.25) is 14.4 Å². The number of carbonyl (C=O) groups is 3. The molecule has 2 fully saturated rings. The highest BCUT2D eigenvalue weighted by Gasteiger charge is 2.38. The fraction of sp³-hybridized carbons (Fsp3) is 0.654. The fourth-order valence-corrected chi connectivity index (χ4v) is 4.78. The smallest absolute Gasteiger partial charge is 0.228 e. The molecule has 1 aromatic carbocycles. The molecule has 3 amide bonds. The summed E-state index contributed by atoms with van der Waals surface area (Å²) in [5, 5.41) is 3.17. The zero-order valence-electron chi connectivity index (χ0n) is 19.9. The molecular formula is C26H39N3O3. The Morgan fingerprint density at radius 1 is 1.06 bits per heavy atom. The number of anilines is 1. The first-order valence-electron chi connectivity index (χ1n) is 12.3. The molecule has 0 radical (unpaired) electrons. The van der Waals surface area contributed by atoms with E-state index < -0.39 is 0 Å². The quantitative estimate of drug-likeness (QED) is 0.588. The second-order valence-electron chi connectivity index (χ2n) is 9.60. The Morgan fingerprint density at radius 3 is 2.41 bits per heavy atom. The van der Waals surface area contributed by atoms with Crippen LogP contribution in [-0.2, 0) is 14.4 Å². The number of aryl methyl sites for hydroxylation is 1. The number of amides is 3. The maximum absolute atomic E-state index is 13.0. The first kappa shape index (κ1) is 24.3. The van der Waals surface area contributed by atoms with Crippen LogP contribution < -0.4 is 10.2 Å². The number of unbranched alkanes of at least 4 members (excludes halogenated alkanes) is 3. The van der Waals surface area contributed by atoms with Crippen molar-refractivity contribution >= 4 is 23.4 Å². The standard InChI is InChI=1S/C26H39N3O3/c1-4-5-6-7-8-20(3)27-25(31)21-13-15-28(16-14-21)26(32)22-17-24(30)29(18-22)23-11-9-19(2)10-12-23/h9-12,20-22H,4-8,13-18H2,1-3H3,(H,27,31). The number of nitrogens with one attached hydrogen (secondary N) is 1. The van der Waals surface area contributed by atoms with Crippen LogP contribution in [0.2, 0.25) is 0 Å². The summed E-state index contributed by atoms with van der Waals surface area (Å²) in [5.41, 5.74) is 2.00. The van der Waals surface area contributed by atoms with E-state index in [4.69, 9.17) is 0 Å². The zero-order valence-corrected chi connectivity index (χ0v) is 19.9. The molecule has 0 bridgehead atoms. The van der Waals surface area contributed by atoms with E-state index in [2.05, 4.69) is 19.2 Å². The van der Waals surface area contributed by atoms with Crippen LogP contribution in [0.1, 0.15) is 70.8 Å². The van der Waals surface area contributed by atoms with Gasteiger partial charge in [-0.25, -0.2) is 0 Å². The fourth-order valence-electron chi connectivity index (χ4n) is 4.78. The number of nitrogens with zero attached hydrogens (tertiary/aromatic N) is 2. The molecule has 0 spiro atoms. The highest BCUT2D eigenvalue weighted by molar-refractivity contribution is 6.00. The van der Waals surface area contributed by atoms with Gasteiger partial charge in [-0.2, -0.15) is 0 Å². The number of piperidine rings is 1. The predicted molar refractivity (Wildman–Crippen MR) is 127 cm³/mol. The average Bonchev–Trinajstić information content (AvgIpc) is 3.18. The van der Waals surface area contributed by atoms with Crippen molar-refractivity contribution in [1.82, 2.24) is 10.2 Å².